The summed E-state index contributed by atoms with van der Waals surface area (Å²) in [6.45, 7) is 1.73. The van der Waals surface area contributed by atoms with Gasteiger partial charge < -0.3 is 15.2 Å². The van der Waals surface area contributed by atoms with Gasteiger partial charge in [0.15, 0.2) is 0 Å². The number of amides is 1. The first-order chi connectivity index (χ1) is 7.71. The summed E-state index contributed by atoms with van der Waals surface area (Å²) in [5.74, 6) is 0.166. The number of hydrogen-bond donors (Lipinski definition) is 2. The Balaban J connectivity index is 2.68. The molecule has 0 fully saturated rings. The molecule has 0 saturated carbocycles. The molecule has 1 unspecified atom stereocenters. The van der Waals surface area contributed by atoms with Crippen molar-refractivity contribution in [3.05, 3.63) is 24.3 Å². The van der Waals surface area contributed by atoms with Crippen molar-refractivity contribution in [1.29, 1.82) is 0 Å². The van der Waals surface area contributed by atoms with Gasteiger partial charge in [-0.2, -0.15) is 0 Å². The summed E-state index contributed by atoms with van der Waals surface area (Å²) in [5, 5.41) is 11.7. The maximum atomic E-state index is 11.7. The first-order valence-electron chi connectivity index (χ1n) is 5.27. The number of aliphatic hydroxyl groups excluding tert-OH is 1. The number of carbonyl (C=O) groups excluding carboxylic acids is 1. The zero-order valence-corrected chi connectivity index (χ0v) is 9.56. The fourth-order valence-corrected chi connectivity index (χ4v) is 1.34. The van der Waals surface area contributed by atoms with E-state index in [1.807, 2.05) is 6.92 Å². The molecule has 0 bridgehead atoms. The number of methoxy groups -OCH3 is 1. The van der Waals surface area contributed by atoms with Crippen LogP contribution in [0.25, 0.3) is 0 Å². The Morgan fingerprint density at radius 1 is 1.56 bits per heavy atom. The maximum Gasteiger partial charge on any atom is 0.229 e. The van der Waals surface area contributed by atoms with E-state index in [-0.39, 0.29) is 18.4 Å². The van der Waals surface area contributed by atoms with E-state index in [1.54, 1.807) is 31.4 Å². The first-order valence-corrected chi connectivity index (χ1v) is 5.27. The Bertz CT molecular complexity index is 348. The third-order valence-corrected chi connectivity index (χ3v) is 2.42. The van der Waals surface area contributed by atoms with Gasteiger partial charge >= 0.3 is 0 Å². The van der Waals surface area contributed by atoms with Crippen molar-refractivity contribution in [3.8, 4) is 5.75 Å². The van der Waals surface area contributed by atoms with Gasteiger partial charge in [-0.3, -0.25) is 4.79 Å². The average molecular weight is 223 g/mol. The Hall–Kier alpha value is -1.55. The highest BCUT2D eigenvalue weighted by Crippen LogP contribution is 2.17. The Labute approximate surface area is 95.2 Å². The van der Waals surface area contributed by atoms with E-state index in [0.717, 1.165) is 0 Å². The molecule has 2 N–H and O–H groups in total. The highest BCUT2D eigenvalue weighted by molar-refractivity contribution is 5.92. The van der Waals surface area contributed by atoms with Gasteiger partial charge in [0.05, 0.1) is 19.6 Å². The van der Waals surface area contributed by atoms with Crippen molar-refractivity contribution < 1.29 is 14.6 Å². The molecule has 4 nitrogen and oxygen atoms in total. The van der Waals surface area contributed by atoms with Crippen molar-refractivity contribution in [3.63, 3.8) is 0 Å². The molecule has 1 rings (SSSR count). The third-order valence-electron chi connectivity index (χ3n) is 2.42. The Morgan fingerprint density at radius 2 is 2.31 bits per heavy atom. The second-order valence-electron chi connectivity index (χ2n) is 3.51. The predicted molar refractivity (Wildman–Crippen MR) is 62.5 cm³/mol. The average Bonchev–Trinajstić information content (AvgIpc) is 2.31. The zero-order valence-electron chi connectivity index (χ0n) is 9.56. The molecule has 1 amide bonds. The fraction of sp³-hybridized carbons (Fsp3) is 0.417. The normalized spacial score (nSPS) is 11.9. The standard InChI is InChI=1S/C12H17NO3/c1-3-9(8-14)12(15)13-10-5-4-6-11(7-10)16-2/h4-7,9,14H,3,8H2,1-2H3,(H,13,15). The highest BCUT2D eigenvalue weighted by atomic mass is 16.5. The van der Waals surface area contributed by atoms with Crippen LogP contribution in [0.5, 0.6) is 5.75 Å². The molecular weight excluding hydrogens is 206 g/mol. The van der Waals surface area contributed by atoms with Crippen molar-refractivity contribution in [2.75, 3.05) is 19.0 Å². The molecule has 0 radical (unpaired) electrons. The number of rotatable bonds is 5. The van der Waals surface area contributed by atoms with Crippen LogP contribution < -0.4 is 10.1 Å². The summed E-state index contributed by atoms with van der Waals surface area (Å²) in [7, 11) is 1.57. The van der Waals surface area contributed by atoms with Gasteiger partial charge in [-0.05, 0) is 18.6 Å². The van der Waals surface area contributed by atoms with Crippen LogP contribution in [0.4, 0.5) is 5.69 Å². The van der Waals surface area contributed by atoms with Crippen LogP contribution in [-0.4, -0.2) is 24.7 Å². The Morgan fingerprint density at radius 3 is 2.88 bits per heavy atom. The zero-order chi connectivity index (χ0) is 12.0. The molecule has 1 aromatic carbocycles. The predicted octanol–water partition coefficient (Wildman–Crippen LogP) is 1.65. The van der Waals surface area contributed by atoms with E-state index in [0.29, 0.717) is 17.9 Å². The molecule has 0 spiro atoms. The first kappa shape index (κ1) is 12.5. The molecule has 4 heteroatoms. The molecule has 1 atom stereocenters. The van der Waals surface area contributed by atoms with Crippen LogP contribution >= 0.6 is 0 Å². The number of hydrogen-bond acceptors (Lipinski definition) is 3. The van der Waals surface area contributed by atoms with Gasteiger partial charge in [0.25, 0.3) is 0 Å². The van der Waals surface area contributed by atoms with Gasteiger partial charge in [0.2, 0.25) is 5.91 Å². The van der Waals surface area contributed by atoms with Crippen molar-refractivity contribution in [2.24, 2.45) is 5.92 Å². The van der Waals surface area contributed by atoms with Crippen molar-refractivity contribution >= 4 is 11.6 Å². The van der Waals surface area contributed by atoms with Gasteiger partial charge in [-0.1, -0.05) is 13.0 Å². The van der Waals surface area contributed by atoms with Crippen LogP contribution in [0.2, 0.25) is 0 Å². The van der Waals surface area contributed by atoms with E-state index < -0.39 is 0 Å². The number of aliphatic hydroxyl groups is 1. The molecule has 0 saturated heterocycles. The minimum absolute atomic E-state index is 0.133. The SMILES string of the molecule is CCC(CO)C(=O)Nc1cccc(OC)c1. The molecule has 0 aromatic heterocycles. The summed E-state index contributed by atoms with van der Waals surface area (Å²) in [6.07, 6.45) is 0.617. The van der Waals surface area contributed by atoms with Crippen LogP contribution in [0.3, 0.4) is 0 Å². The molecule has 0 aliphatic heterocycles. The molecule has 16 heavy (non-hydrogen) atoms. The fourth-order valence-electron chi connectivity index (χ4n) is 1.34. The lowest BCUT2D eigenvalue weighted by Crippen LogP contribution is -2.24. The quantitative estimate of drug-likeness (QED) is 0.798. The van der Waals surface area contributed by atoms with Gasteiger partial charge in [0, 0.05) is 11.8 Å². The summed E-state index contributed by atoms with van der Waals surface area (Å²) in [5.41, 5.74) is 0.677. The van der Waals surface area contributed by atoms with E-state index in [1.165, 1.54) is 0 Å². The van der Waals surface area contributed by atoms with Crippen LogP contribution in [-0.2, 0) is 4.79 Å². The number of ether oxygens (including phenoxy) is 1. The number of carbonyl (C=O) groups is 1. The lowest BCUT2D eigenvalue weighted by atomic mass is 10.1. The second kappa shape index (κ2) is 6.12. The summed E-state index contributed by atoms with van der Waals surface area (Å²) in [6, 6.07) is 7.12. The van der Waals surface area contributed by atoms with Crippen molar-refractivity contribution in [1.82, 2.24) is 0 Å². The Kier molecular flexibility index (Phi) is 4.79. The van der Waals surface area contributed by atoms with Crippen LogP contribution in [0.1, 0.15) is 13.3 Å². The van der Waals surface area contributed by atoms with Crippen LogP contribution in [0, 0.1) is 5.92 Å². The maximum absolute atomic E-state index is 11.7. The molecule has 1 aromatic rings. The van der Waals surface area contributed by atoms with E-state index in [9.17, 15) is 4.79 Å². The lowest BCUT2D eigenvalue weighted by molar-refractivity contribution is -0.121. The van der Waals surface area contributed by atoms with Gasteiger partial charge in [0.1, 0.15) is 5.75 Å². The van der Waals surface area contributed by atoms with E-state index >= 15 is 0 Å². The van der Waals surface area contributed by atoms with Gasteiger partial charge in [-0.15, -0.1) is 0 Å². The van der Waals surface area contributed by atoms with Crippen molar-refractivity contribution in [2.45, 2.75) is 13.3 Å². The summed E-state index contributed by atoms with van der Waals surface area (Å²) >= 11 is 0. The molecule has 0 aliphatic carbocycles. The smallest absolute Gasteiger partial charge is 0.229 e. The minimum atomic E-state index is -0.355. The van der Waals surface area contributed by atoms with Gasteiger partial charge in [-0.25, -0.2) is 0 Å². The molecular formula is C12H17NO3. The highest BCUT2D eigenvalue weighted by Gasteiger charge is 2.15. The summed E-state index contributed by atoms with van der Waals surface area (Å²) in [4.78, 5) is 11.7. The van der Waals surface area contributed by atoms with E-state index in [4.69, 9.17) is 9.84 Å². The number of anilines is 1. The number of nitrogens with one attached hydrogen (secondary N) is 1. The second-order valence-corrected chi connectivity index (χ2v) is 3.51. The number of benzene rings is 1. The topological polar surface area (TPSA) is 58.6 Å². The van der Waals surface area contributed by atoms with E-state index in [2.05, 4.69) is 5.32 Å². The molecule has 0 heterocycles. The monoisotopic (exact) mass is 223 g/mol. The minimum Gasteiger partial charge on any atom is -0.497 e. The largest absolute Gasteiger partial charge is 0.497 e. The third kappa shape index (κ3) is 3.24. The lowest BCUT2D eigenvalue weighted by Gasteiger charge is -2.12. The molecule has 88 valence electrons. The molecule has 0 aliphatic rings. The van der Waals surface area contributed by atoms with Crippen LogP contribution in [0.15, 0.2) is 24.3 Å². The summed E-state index contributed by atoms with van der Waals surface area (Å²) < 4.78 is 5.05.